The Morgan fingerprint density at radius 3 is 2.84 bits per heavy atom. The van der Waals surface area contributed by atoms with E-state index in [9.17, 15) is 4.79 Å². The van der Waals surface area contributed by atoms with E-state index in [1.54, 1.807) is 12.7 Å². The second-order valence-electron chi connectivity index (χ2n) is 10.3. The fourth-order valence-corrected chi connectivity index (χ4v) is 7.12. The third-order valence-corrected chi connectivity index (χ3v) is 8.86. The van der Waals surface area contributed by atoms with Gasteiger partial charge in [-0.1, -0.05) is 13.0 Å². The van der Waals surface area contributed by atoms with Gasteiger partial charge in [0, 0.05) is 25.0 Å². The molecule has 3 aliphatic carbocycles. The van der Waals surface area contributed by atoms with Gasteiger partial charge in [0.05, 0.1) is 26.7 Å². The summed E-state index contributed by atoms with van der Waals surface area (Å²) < 4.78 is 17.0. The van der Waals surface area contributed by atoms with Crippen LogP contribution in [0.15, 0.2) is 18.2 Å². The predicted octanol–water partition coefficient (Wildman–Crippen LogP) is 4.19. The van der Waals surface area contributed by atoms with Crippen molar-refractivity contribution in [2.75, 3.05) is 40.0 Å². The first-order valence-corrected chi connectivity index (χ1v) is 12.2. The largest absolute Gasteiger partial charge is 0.497 e. The molecular formula is C26H37NO4. The highest BCUT2D eigenvalue weighted by atomic mass is 16.5. The average molecular weight is 428 g/mol. The number of aryl methyl sites for hydroxylation is 1. The van der Waals surface area contributed by atoms with Crippen molar-refractivity contribution in [1.29, 1.82) is 0 Å². The van der Waals surface area contributed by atoms with Crippen LogP contribution in [0.4, 0.5) is 0 Å². The van der Waals surface area contributed by atoms with Gasteiger partial charge in [0.1, 0.15) is 11.9 Å². The van der Waals surface area contributed by atoms with Crippen LogP contribution in [0.25, 0.3) is 0 Å². The van der Waals surface area contributed by atoms with Crippen molar-refractivity contribution in [3.63, 3.8) is 0 Å². The summed E-state index contributed by atoms with van der Waals surface area (Å²) in [5, 5.41) is 0. The molecule has 1 aromatic rings. The summed E-state index contributed by atoms with van der Waals surface area (Å²) in [7, 11) is 1.75. The molecule has 1 saturated heterocycles. The minimum absolute atomic E-state index is 0.0124. The van der Waals surface area contributed by atoms with E-state index in [4.69, 9.17) is 14.2 Å². The summed E-state index contributed by atoms with van der Waals surface area (Å²) in [6.07, 6.45) is 7.58. The second kappa shape index (κ2) is 8.74. The minimum Gasteiger partial charge on any atom is -0.497 e. The molecule has 0 amide bonds. The standard InChI is InChI=1S/C26H37NO4/c1-26-11-9-21-20-6-4-19(29-2)17-18(20)3-5-22(21)23(26)7-8-24(26)31-25(28)10-12-27-13-15-30-16-14-27/h4,6,17,21-24H,3,5,7-16H2,1-2H3/t21-,22+,23-,24-,26-/m0/s1. The zero-order valence-electron chi connectivity index (χ0n) is 19.1. The fraction of sp³-hybridized carbons (Fsp3) is 0.731. The number of carbonyl (C=O) groups excluding carboxylic acids is 1. The molecule has 0 bridgehead atoms. The van der Waals surface area contributed by atoms with E-state index in [0.29, 0.717) is 18.3 Å². The number of benzene rings is 1. The number of methoxy groups -OCH3 is 1. The van der Waals surface area contributed by atoms with E-state index in [0.717, 1.165) is 63.8 Å². The lowest BCUT2D eigenvalue weighted by atomic mass is 9.55. The molecule has 2 saturated carbocycles. The highest BCUT2D eigenvalue weighted by molar-refractivity contribution is 5.70. The van der Waals surface area contributed by atoms with Crippen molar-refractivity contribution < 1.29 is 19.0 Å². The monoisotopic (exact) mass is 427 g/mol. The Morgan fingerprint density at radius 2 is 2.03 bits per heavy atom. The van der Waals surface area contributed by atoms with E-state index < -0.39 is 0 Å². The maximum absolute atomic E-state index is 12.7. The molecule has 5 rings (SSSR count). The molecule has 4 aliphatic rings. The van der Waals surface area contributed by atoms with E-state index in [-0.39, 0.29) is 17.5 Å². The van der Waals surface area contributed by atoms with Gasteiger partial charge in [-0.15, -0.1) is 0 Å². The Bertz CT molecular complexity index is 805. The molecule has 0 unspecified atom stereocenters. The van der Waals surface area contributed by atoms with Crippen molar-refractivity contribution >= 4 is 5.97 Å². The number of nitrogens with zero attached hydrogens (tertiary/aromatic N) is 1. The zero-order valence-corrected chi connectivity index (χ0v) is 19.1. The summed E-state index contributed by atoms with van der Waals surface area (Å²) in [6.45, 7) is 6.59. The molecule has 0 N–H and O–H groups in total. The number of carbonyl (C=O) groups is 1. The molecule has 1 heterocycles. The van der Waals surface area contributed by atoms with Crippen LogP contribution in [0.1, 0.15) is 62.5 Å². The van der Waals surface area contributed by atoms with Gasteiger partial charge in [0.15, 0.2) is 0 Å². The van der Waals surface area contributed by atoms with Gasteiger partial charge >= 0.3 is 5.97 Å². The second-order valence-corrected chi connectivity index (χ2v) is 10.3. The predicted molar refractivity (Wildman–Crippen MR) is 119 cm³/mol. The Balaban J connectivity index is 1.23. The van der Waals surface area contributed by atoms with Crippen LogP contribution in [0.2, 0.25) is 0 Å². The molecule has 0 radical (unpaired) electrons. The van der Waals surface area contributed by atoms with Crippen LogP contribution in [0.5, 0.6) is 5.75 Å². The number of rotatable bonds is 5. The first kappa shape index (κ1) is 21.3. The summed E-state index contributed by atoms with van der Waals surface area (Å²) in [6, 6.07) is 6.68. The minimum atomic E-state index is -0.0124. The number of hydrogen-bond acceptors (Lipinski definition) is 5. The number of ether oxygens (including phenoxy) is 3. The van der Waals surface area contributed by atoms with Crippen LogP contribution in [0, 0.1) is 17.3 Å². The number of hydrogen-bond donors (Lipinski definition) is 0. The van der Waals surface area contributed by atoms with Crippen LogP contribution < -0.4 is 4.74 Å². The molecule has 170 valence electrons. The SMILES string of the molecule is COc1ccc2c(c1)CC[C@@H]1[C@H]2CC[C@]2(C)[C@@H](OC(=O)CCN3CCOCC3)CC[C@@H]12. The molecule has 5 heteroatoms. The Labute approximate surface area is 186 Å². The van der Waals surface area contributed by atoms with Crippen molar-refractivity contribution in [3.8, 4) is 5.75 Å². The lowest BCUT2D eigenvalue weighted by Gasteiger charge is -2.50. The van der Waals surface area contributed by atoms with E-state index in [1.165, 1.54) is 24.8 Å². The van der Waals surface area contributed by atoms with Crippen LogP contribution in [-0.2, 0) is 20.7 Å². The third kappa shape index (κ3) is 4.00. The highest BCUT2D eigenvalue weighted by Crippen LogP contribution is 2.61. The summed E-state index contributed by atoms with van der Waals surface area (Å²) in [4.78, 5) is 15.0. The van der Waals surface area contributed by atoms with Gasteiger partial charge in [0.25, 0.3) is 0 Å². The zero-order chi connectivity index (χ0) is 21.4. The van der Waals surface area contributed by atoms with Crippen LogP contribution in [-0.4, -0.2) is 56.9 Å². The van der Waals surface area contributed by atoms with Crippen molar-refractivity contribution in [2.24, 2.45) is 17.3 Å². The Kier molecular flexibility index (Phi) is 6.00. The van der Waals surface area contributed by atoms with E-state index in [1.807, 2.05) is 0 Å². The summed E-state index contributed by atoms with van der Waals surface area (Å²) in [5.41, 5.74) is 3.16. The van der Waals surface area contributed by atoms with Gasteiger partial charge in [0.2, 0.25) is 0 Å². The smallest absolute Gasteiger partial charge is 0.307 e. The molecular weight excluding hydrogens is 390 g/mol. The molecule has 5 atom stereocenters. The first-order chi connectivity index (χ1) is 15.1. The topological polar surface area (TPSA) is 48.0 Å². The lowest BCUT2D eigenvalue weighted by Crippen LogP contribution is -2.45. The lowest BCUT2D eigenvalue weighted by molar-refractivity contribution is -0.158. The Morgan fingerprint density at radius 1 is 1.19 bits per heavy atom. The van der Waals surface area contributed by atoms with E-state index in [2.05, 4.69) is 30.0 Å². The molecule has 0 aromatic heterocycles. The summed E-state index contributed by atoms with van der Waals surface area (Å²) in [5.74, 6) is 3.00. The van der Waals surface area contributed by atoms with Gasteiger partial charge in [-0.05, 0) is 79.5 Å². The highest BCUT2D eigenvalue weighted by Gasteiger charge is 2.56. The van der Waals surface area contributed by atoms with Crippen molar-refractivity contribution in [2.45, 2.75) is 63.9 Å². The van der Waals surface area contributed by atoms with E-state index >= 15 is 0 Å². The fourth-order valence-electron chi connectivity index (χ4n) is 7.12. The first-order valence-electron chi connectivity index (χ1n) is 12.2. The van der Waals surface area contributed by atoms with Crippen LogP contribution in [0.3, 0.4) is 0 Å². The number of fused-ring (bicyclic) bond motifs is 5. The average Bonchev–Trinajstić information content (AvgIpc) is 3.13. The molecule has 1 aliphatic heterocycles. The normalized spacial score (nSPS) is 35.0. The molecule has 1 aromatic carbocycles. The van der Waals surface area contributed by atoms with Gasteiger partial charge in [-0.25, -0.2) is 0 Å². The molecule has 0 spiro atoms. The maximum atomic E-state index is 12.7. The third-order valence-electron chi connectivity index (χ3n) is 8.86. The van der Waals surface area contributed by atoms with Crippen molar-refractivity contribution in [1.82, 2.24) is 4.90 Å². The van der Waals surface area contributed by atoms with Gasteiger partial charge in [-0.2, -0.15) is 0 Å². The molecule has 31 heavy (non-hydrogen) atoms. The molecule has 3 fully saturated rings. The van der Waals surface area contributed by atoms with Gasteiger partial charge in [-0.3, -0.25) is 9.69 Å². The molecule has 5 nitrogen and oxygen atoms in total. The maximum Gasteiger partial charge on any atom is 0.307 e. The number of esters is 1. The van der Waals surface area contributed by atoms with Crippen LogP contribution >= 0.6 is 0 Å². The number of morpholine rings is 1. The quantitative estimate of drug-likeness (QED) is 0.660. The Hall–Kier alpha value is -1.59. The summed E-state index contributed by atoms with van der Waals surface area (Å²) >= 11 is 0. The van der Waals surface area contributed by atoms with Crippen molar-refractivity contribution in [3.05, 3.63) is 29.3 Å². The van der Waals surface area contributed by atoms with Gasteiger partial charge < -0.3 is 14.2 Å².